The third-order valence-electron chi connectivity index (χ3n) is 9.75. The van der Waals surface area contributed by atoms with Crippen LogP contribution in [-0.4, -0.2) is 104 Å². The number of carbonyl (C=O) groups excluding carboxylic acids is 5. The van der Waals surface area contributed by atoms with Crippen molar-refractivity contribution in [3.63, 3.8) is 0 Å². The van der Waals surface area contributed by atoms with Gasteiger partial charge >= 0.3 is 18.1 Å². The maximum Gasteiger partial charge on any atom is 0.490 e. The minimum Gasteiger partial charge on any atom is -0.480 e. The lowest BCUT2D eigenvalue weighted by Gasteiger charge is -2.41. The number of aliphatic hydroxyl groups is 1. The second-order valence-electron chi connectivity index (χ2n) is 15.6. The molecule has 2 heterocycles. The van der Waals surface area contributed by atoms with Gasteiger partial charge in [0.2, 0.25) is 11.8 Å². The first-order valence-electron chi connectivity index (χ1n) is 19.6. The number of aliphatic carboxylic acids is 2. The number of alkyl halides is 3. The monoisotopic (exact) mass is 912 g/mol. The van der Waals surface area contributed by atoms with Crippen LogP contribution in [0.15, 0.2) is 97.2 Å². The van der Waals surface area contributed by atoms with Gasteiger partial charge in [-0.05, 0) is 59.9 Å². The van der Waals surface area contributed by atoms with Gasteiger partial charge in [-0.3, -0.25) is 24.0 Å². The van der Waals surface area contributed by atoms with E-state index in [-0.39, 0.29) is 36.3 Å². The summed E-state index contributed by atoms with van der Waals surface area (Å²) in [6.07, 6.45) is -1.44. The molecule has 4 aromatic rings. The van der Waals surface area contributed by atoms with Gasteiger partial charge in [0.1, 0.15) is 24.3 Å². The number of nitrogens with zero attached hydrogens (tertiary/aromatic N) is 3. The molecule has 5 amide bonds. The number of benzene rings is 3. The molecule has 5 rings (SSSR count). The van der Waals surface area contributed by atoms with Gasteiger partial charge < -0.3 is 41.2 Å². The molecule has 21 heteroatoms. The number of anilines is 1. The van der Waals surface area contributed by atoms with Crippen LogP contribution in [0.4, 0.5) is 27.6 Å². The van der Waals surface area contributed by atoms with Crippen LogP contribution in [0.2, 0.25) is 0 Å². The number of halogens is 5. The van der Waals surface area contributed by atoms with E-state index < -0.39 is 96.0 Å². The summed E-state index contributed by atoms with van der Waals surface area (Å²) in [4.78, 5) is 87.2. The topological polar surface area (TPSA) is 242 Å². The summed E-state index contributed by atoms with van der Waals surface area (Å²) in [6.45, 7) is 4.21. The number of nitrogens with two attached hydrogens (primary N) is 1. The zero-order chi connectivity index (χ0) is 48.4. The molecule has 0 saturated heterocycles. The van der Waals surface area contributed by atoms with Gasteiger partial charge in [-0.2, -0.15) is 13.2 Å². The molecule has 0 fully saturated rings. The van der Waals surface area contributed by atoms with Crippen LogP contribution >= 0.6 is 0 Å². The van der Waals surface area contributed by atoms with Gasteiger partial charge in [0.15, 0.2) is 0 Å². The van der Waals surface area contributed by atoms with Crippen LogP contribution in [0.3, 0.4) is 0 Å². The van der Waals surface area contributed by atoms with Gasteiger partial charge in [-0.15, -0.1) is 0 Å². The molecule has 7 N–H and O–H groups in total. The fraction of sp³-hybridized carbons (Fsp3) is 0.295. The van der Waals surface area contributed by atoms with Gasteiger partial charge in [0.25, 0.3) is 17.7 Å². The van der Waals surface area contributed by atoms with Crippen molar-refractivity contribution in [1.82, 2.24) is 20.1 Å². The highest BCUT2D eigenvalue weighted by Crippen LogP contribution is 2.41. The number of aliphatic hydroxyl groups excluding tert-OH is 1. The molecule has 0 saturated carbocycles. The van der Waals surface area contributed by atoms with Crippen molar-refractivity contribution in [2.45, 2.75) is 58.0 Å². The fourth-order valence-electron chi connectivity index (χ4n) is 6.73. The highest BCUT2D eigenvalue weighted by Gasteiger charge is 2.39. The molecule has 3 atom stereocenters. The summed E-state index contributed by atoms with van der Waals surface area (Å²) >= 11 is 0. The Balaban J connectivity index is 0.00000122. The van der Waals surface area contributed by atoms with E-state index in [9.17, 15) is 56.5 Å². The molecule has 0 aliphatic carbocycles. The van der Waals surface area contributed by atoms with E-state index in [1.165, 1.54) is 29.2 Å². The zero-order valence-electron chi connectivity index (χ0n) is 35.0. The van der Waals surface area contributed by atoms with Gasteiger partial charge in [-0.25, -0.2) is 23.3 Å². The number of hydrogen-bond donors (Lipinski definition) is 6. The third kappa shape index (κ3) is 13.4. The first-order chi connectivity index (χ1) is 30.4. The SMILES string of the molecule is CC(C)(C)C(c1cc(-c2cc(F)ccc2F)cn1Cc1ccccc1)N(CCC(N)C(=O)NC(CNC(=O)c1cccc(N2C(=O)C=CC2=O)c1)C(=O)O)C(=O)CO.O=C(O)C(F)(F)F. The number of nitrogens with one attached hydrogen (secondary N) is 2. The largest absolute Gasteiger partial charge is 0.490 e. The Bertz CT molecular complexity index is 2430. The first kappa shape index (κ1) is 50.4. The minimum atomic E-state index is -5.08. The second kappa shape index (κ2) is 21.4. The molecule has 1 aliphatic heterocycles. The maximum absolute atomic E-state index is 15.1. The Kier molecular flexibility index (Phi) is 16.6. The molecule has 0 radical (unpaired) electrons. The number of carboxylic acids is 2. The van der Waals surface area contributed by atoms with Crippen molar-refractivity contribution in [2.24, 2.45) is 11.1 Å². The third-order valence-corrected chi connectivity index (χ3v) is 9.75. The van der Waals surface area contributed by atoms with E-state index in [1.54, 1.807) is 12.3 Å². The number of amides is 5. The van der Waals surface area contributed by atoms with Crippen LogP contribution in [0, 0.1) is 17.0 Å². The summed E-state index contributed by atoms with van der Waals surface area (Å²) in [5.74, 6) is -9.07. The summed E-state index contributed by atoms with van der Waals surface area (Å²) < 4.78 is 63.0. The van der Waals surface area contributed by atoms with Crippen LogP contribution < -0.4 is 21.3 Å². The Morgan fingerprint density at radius 2 is 1.49 bits per heavy atom. The van der Waals surface area contributed by atoms with E-state index in [0.717, 1.165) is 40.8 Å². The quantitative estimate of drug-likeness (QED) is 0.0689. The van der Waals surface area contributed by atoms with Crippen molar-refractivity contribution in [1.29, 1.82) is 0 Å². The molecule has 0 bridgehead atoms. The lowest BCUT2D eigenvalue weighted by atomic mass is 9.82. The molecule has 3 unspecified atom stereocenters. The number of rotatable bonds is 16. The Labute approximate surface area is 368 Å². The molecule has 0 spiro atoms. The van der Waals surface area contributed by atoms with Crippen molar-refractivity contribution in [3.05, 3.63) is 126 Å². The van der Waals surface area contributed by atoms with Gasteiger partial charge in [0.05, 0.1) is 17.8 Å². The molecule has 65 heavy (non-hydrogen) atoms. The molecule has 1 aromatic heterocycles. The maximum atomic E-state index is 15.1. The van der Waals surface area contributed by atoms with Crippen molar-refractivity contribution in [2.75, 3.05) is 24.6 Å². The predicted octanol–water partition coefficient (Wildman–Crippen LogP) is 4.17. The molecular weight excluding hydrogens is 868 g/mol. The van der Waals surface area contributed by atoms with Crippen molar-refractivity contribution >= 4 is 47.2 Å². The number of carboxylic acid groups (broad SMARTS) is 2. The molecule has 16 nitrogen and oxygen atoms in total. The zero-order valence-corrected chi connectivity index (χ0v) is 35.0. The second-order valence-corrected chi connectivity index (χ2v) is 15.6. The summed E-state index contributed by atoms with van der Waals surface area (Å²) in [7, 11) is 0. The van der Waals surface area contributed by atoms with Crippen LogP contribution in [0.1, 0.15) is 54.8 Å². The average Bonchev–Trinajstić information content (AvgIpc) is 3.81. The molecule has 1 aliphatic rings. The summed E-state index contributed by atoms with van der Waals surface area (Å²) in [6, 6.07) is 15.9. The van der Waals surface area contributed by atoms with E-state index in [4.69, 9.17) is 15.6 Å². The van der Waals surface area contributed by atoms with Crippen LogP contribution in [0.25, 0.3) is 11.1 Å². The average molecular weight is 913 g/mol. The lowest BCUT2D eigenvalue weighted by molar-refractivity contribution is -0.192. The van der Waals surface area contributed by atoms with Crippen LogP contribution in [-0.2, 0) is 35.3 Å². The lowest BCUT2D eigenvalue weighted by Crippen LogP contribution is -2.53. The van der Waals surface area contributed by atoms with Gasteiger partial charge in [0, 0.05) is 60.4 Å². The minimum absolute atomic E-state index is 0.00440. The molecule has 3 aromatic carbocycles. The first-order valence-corrected chi connectivity index (χ1v) is 19.6. The molecular formula is C44H45F5N6O10. The van der Waals surface area contributed by atoms with Crippen molar-refractivity contribution in [3.8, 4) is 11.1 Å². The van der Waals surface area contributed by atoms with E-state index in [1.807, 2.05) is 55.7 Å². The highest BCUT2D eigenvalue weighted by molar-refractivity contribution is 6.28. The number of aromatic nitrogens is 1. The molecule has 346 valence electrons. The standard InChI is InChI=1S/C42H44F2N6O8.C2HF3O2/c1-42(2,3)38(34-19-27(30-20-28(43)12-13-31(30)44)23-48(34)22-25-8-5-4-6-9-25)49(37(54)24-51)17-16-32(45)40(56)47-33(41(57)58)21-46-39(55)26-10-7-11-29(18-26)50-35(52)14-15-36(50)53;3-2(4,5)1(6)7/h4-15,18-20,23,32-33,38,51H,16-17,21-22,24,45H2,1-3H3,(H,46,55)(H,47,56)(H,57,58);(H,6,7). The predicted molar refractivity (Wildman–Crippen MR) is 223 cm³/mol. The van der Waals surface area contributed by atoms with E-state index in [0.29, 0.717) is 11.3 Å². The Morgan fingerprint density at radius 3 is 2.06 bits per heavy atom. The highest BCUT2D eigenvalue weighted by atomic mass is 19.4. The van der Waals surface area contributed by atoms with E-state index in [2.05, 4.69) is 10.6 Å². The van der Waals surface area contributed by atoms with Gasteiger partial charge in [-0.1, -0.05) is 57.2 Å². The summed E-state index contributed by atoms with van der Waals surface area (Å²) in [5.41, 5.74) is 7.41. The Morgan fingerprint density at radius 1 is 0.862 bits per heavy atom. The Hall–Kier alpha value is -7.26. The normalized spacial score (nSPS) is 13.9. The number of carbonyl (C=O) groups is 7. The fourth-order valence-corrected chi connectivity index (χ4v) is 6.73. The van der Waals surface area contributed by atoms with Crippen LogP contribution in [0.5, 0.6) is 0 Å². The number of imide groups is 1. The summed E-state index contributed by atoms with van der Waals surface area (Å²) in [5, 5.41) is 31.8. The smallest absolute Gasteiger partial charge is 0.480 e. The van der Waals surface area contributed by atoms with Crippen molar-refractivity contribution < 1.29 is 70.8 Å². The van der Waals surface area contributed by atoms with E-state index >= 15 is 4.39 Å². The number of hydrogen-bond acceptors (Lipinski definition) is 9.